The molecule has 2 rings (SSSR count). The molecule has 0 aliphatic rings. The van der Waals surface area contributed by atoms with E-state index < -0.39 is 0 Å². The lowest BCUT2D eigenvalue weighted by Gasteiger charge is -2.14. The van der Waals surface area contributed by atoms with E-state index in [-0.39, 0.29) is 6.10 Å². The van der Waals surface area contributed by atoms with Gasteiger partial charge in [0.2, 0.25) is 0 Å². The molecule has 0 saturated carbocycles. The summed E-state index contributed by atoms with van der Waals surface area (Å²) in [7, 11) is 1.60. The molecule has 0 amide bonds. The van der Waals surface area contributed by atoms with Crippen LogP contribution in [0.1, 0.15) is 25.0 Å². The third kappa shape index (κ3) is 6.38. The molecule has 2 aromatic carbocycles. The Morgan fingerprint density at radius 3 is 2.62 bits per heavy atom. The maximum Gasteiger partial charge on any atom is 0.180 e. The molecule has 2 aromatic rings. The lowest BCUT2D eigenvalue weighted by Crippen LogP contribution is -2.07. The highest BCUT2D eigenvalue weighted by molar-refractivity contribution is 9.10. The molecule has 0 aliphatic heterocycles. The molecule has 0 spiro atoms. The van der Waals surface area contributed by atoms with E-state index >= 15 is 0 Å². The van der Waals surface area contributed by atoms with E-state index in [0.717, 1.165) is 15.8 Å². The number of halogens is 1. The summed E-state index contributed by atoms with van der Waals surface area (Å²) in [5.41, 5.74) is 7.91. The second kappa shape index (κ2) is 10.2. The SMILES string of the molecule is COc1cc(C=NN=C(N)SCc2ccccc2)c(Br)cc1OC(C)C. The highest BCUT2D eigenvalue weighted by Crippen LogP contribution is 2.33. The van der Waals surface area contributed by atoms with Crippen molar-refractivity contribution in [3.8, 4) is 11.5 Å². The average molecular weight is 436 g/mol. The molecule has 0 atom stereocenters. The van der Waals surface area contributed by atoms with Gasteiger partial charge in [-0.15, -0.1) is 5.10 Å². The number of methoxy groups -OCH3 is 1. The third-order valence-electron chi connectivity index (χ3n) is 3.23. The van der Waals surface area contributed by atoms with Crippen molar-refractivity contribution in [1.29, 1.82) is 0 Å². The van der Waals surface area contributed by atoms with Crippen LogP contribution in [-0.2, 0) is 5.75 Å². The molecule has 0 radical (unpaired) electrons. The zero-order chi connectivity index (χ0) is 18.9. The van der Waals surface area contributed by atoms with Crippen LogP contribution in [0.3, 0.4) is 0 Å². The van der Waals surface area contributed by atoms with Crippen molar-refractivity contribution < 1.29 is 9.47 Å². The van der Waals surface area contributed by atoms with Crippen molar-refractivity contribution in [2.75, 3.05) is 7.11 Å². The van der Waals surface area contributed by atoms with Crippen molar-refractivity contribution in [2.45, 2.75) is 25.7 Å². The highest BCUT2D eigenvalue weighted by atomic mass is 79.9. The quantitative estimate of drug-likeness (QED) is 0.384. The zero-order valence-electron chi connectivity index (χ0n) is 15.0. The Bertz CT molecular complexity index is 780. The van der Waals surface area contributed by atoms with Crippen molar-refractivity contribution in [1.82, 2.24) is 0 Å². The minimum absolute atomic E-state index is 0.0568. The first-order valence-corrected chi connectivity index (χ1v) is 9.85. The van der Waals surface area contributed by atoms with E-state index in [1.54, 1.807) is 13.3 Å². The van der Waals surface area contributed by atoms with E-state index in [9.17, 15) is 0 Å². The molecule has 2 N–H and O–H groups in total. The van der Waals surface area contributed by atoms with Gasteiger partial charge in [-0.1, -0.05) is 42.1 Å². The topological polar surface area (TPSA) is 69.2 Å². The van der Waals surface area contributed by atoms with Crippen LogP contribution in [0.4, 0.5) is 0 Å². The molecule has 0 aliphatic carbocycles. The van der Waals surface area contributed by atoms with Crippen LogP contribution in [-0.4, -0.2) is 24.6 Å². The lowest BCUT2D eigenvalue weighted by molar-refractivity contribution is 0.230. The summed E-state index contributed by atoms with van der Waals surface area (Å²) in [4.78, 5) is 0. The first kappa shape index (κ1) is 20.3. The van der Waals surface area contributed by atoms with Crippen LogP contribution in [0.25, 0.3) is 0 Å². The standard InChI is InChI=1S/C19H22BrN3O2S/c1-13(2)25-18-10-16(20)15(9-17(18)24-3)11-22-23-19(21)26-12-14-7-5-4-6-8-14/h4-11,13H,12H2,1-3H3,(H2,21,23). The Morgan fingerprint density at radius 1 is 1.23 bits per heavy atom. The first-order valence-electron chi connectivity index (χ1n) is 8.07. The highest BCUT2D eigenvalue weighted by Gasteiger charge is 2.10. The number of thioether (sulfide) groups is 1. The van der Waals surface area contributed by atoms with E-state index in [2.05, 4.69) is 26.1 Å². The predicted octanol–water partition coefficient (Wildman–Crippen LogP) is 4.83. The van der Waals surface area contributed by atoms with Gasteiger partial charge >= 0.3 is 0 Å². The van der Waals surface area contributed by atoms with Gasteiger partial charge in [0.15, 0.2) is 16.7 Å². The van der Waals surface area contributed by atoms with Crippen molar-refractivity contribution >= 4 is 39.1 Å². The van der Waals surface area contributed by atoms with E-state index in [4.69, 9.17) is 15.2 Å². The van der Waals surface area contributed by atoms with Gasteiger partial charge in [0.25, 0.3) is 0 Å². The number of nitrogens with zero attached hydrogens (tertiary/aromatic N) is 2. The number of hydrogen-bond donors (Lipinski definition) is 1. The Hall–Kier alpha value is -1.99. The maximum atomic E-state index is 5.90. The van der Waals surface area contributed by atoms with E-state index in [1.807, 2.05) is 56.3 Å². The summed E-state index contributed by atoms with van der Waals surface area (Å²) in [5.74, 6) is 2.07. The van der Waals surface area contributed by atoms with Crippen LogP contribution in [0.15, 0.2) is 57.1 Å². The molecular formula is C19H22BrN3O2S. The molecule has 138 valence electrons. The Morgan fingerprint density at radius 2 is 1.96 bits per heavy atom. The number of benzene rings is 2. The maximum absolute atomic E-state index is 5.90. The van der Waals surface area contributed by atoms with Gasteiger partial charge in [0.05, 0.1) is 19.4 Å². The van der Waals surface area contributed by atoms with Crippen LogP contribution in [0.2, 0.25) is 0 Å². The van der Waals surface area contributed by atoms with Gasteiger partial charge in [-0.05, 0) is 47.5 Å². The second-order valence-corrected chi connectivity index (χ2v) is 7.50. The first-order chi connectivity index (χ1) is 12.5. The van der Waals surface area contributed by atoms with Crippen molar-refractivity contribution in [3.05, 3.63) is 58.1 Å². The smallest absolute Gasteiger partial charge is 0.180 e. The van der Waals surface area contributed by atoms with Crippen LogP contribution in [0.5, 0.6) is 11.5 Å². The molecule has 5 nitrogen and oxygen atoms in total. The largest absolute Gasteiger partial charge is 0.493 e. The number of rotatable bonds is 7. The monoisotopic (exact) mass is 435 g/mol. The predicted molar refractivity (Wildman–Crippen MR) is 113 cm³/mol. The average Bonchev–Trinajstić information content (AvgIpc) is 2.62. The van der Waals surface area contributed by atoms with Crippen LogP contribution < -0.4 is 15.2 Å². The van der Waals surface area contributed by atoms with Crippen molar-refractivity contribution in [3.63, 3.8) is 0 Å². The van der Waals surface area contributed by atoms with Gasteiger partial charge in [0, 0.05) is 15.8 Å². The fourth-order valence-corrected chi connectivity index (χ4v) is 3.10. The summed E-state index contributed by atoms with van der Waals surface area (Å²) in [5, 5.41) is 8.52. The summed E-state index contributed by atoms with van der Waals surface area (Å²) in [6.45, 7) is 3.93. The molecule has 26 heavy (non-hydrogen) atoms. The summed E-state index contributed by atoms with van der Waals surface area (Å²) >= 11 is 4.96. The minimum atomic E-state index is 0.0568. The molecule has 0 fully saturated rings. The Labute approximate surface area is 166 Å². The number of nitrogens with two attached hydrogens (primary N) is 1. The number of ether oxygens (including phenoxy) is 2. The molecule has 0 unspecified atom stereocenters. The summed E-state index contributed by atoms with van der Waals surface area (Å²) in [6, 6.07) is 13.8. The lowest BCUT2D eigenvalue weighted by atomic mass is 10.2. The van der Waals surface area contributed by atoms with E-state index in [0.29, 0.717) is 16.7 Å². The number of hydrogen-bond acceptors (Lipinski definition) is 5. The Balaban J connectivity index is 2.04. The van der Waals surface area contributed by atoms with Gasteiger partial charge < -0.3 is 15.2 Å². The third-order valence-corrected chi connectivity index (χ3v) is 4.77. The second-order valence-electron chi connectivity index (χ2n) is 5.65. The van der Waals surface area contributed by atoms with Gasteiger partial charge in [-0.3, -0.25) is 0 Å². The fourth-order valence-electron chi connectivity index (χ4n) is 2.06. The zero-order valence-corrected chi connectivity index (χ0v) is 17.4. The normalized spacial score (nSPS) is 12.0. The molecule has 0 saturated heterocycles. The van der Waals surface area contributed by atoms with Gasteiger partial charge in [-0.25, -0.2) is 0 Å². The molecule has 7 heteroatoms. The summed E-state index contributed by atoms with van der Waals surface area (Å²) in [6.07, 6.45) is 1.68. The minimum Gasteiger partial charge on any atom is -0.493 e. The van der Waals surface area contributed by atoms with Crippen molar-refractivity contribution in [2.24, 2.45) is 15.9 Å². The number of amidine groups is 1. The molecule has 0 bridgehead atoms. The molecular weight excluding hydrogens is 414 g/mol. The van der Waals surface area contributed by atoms with Crippen LogP contribution in [0, 0.1) is 0 Å². The van der Waals surface area contributed by atoms with Gasteiger partial charge in [0.1, 0.15) is 0 Å². The fraction of sp³-hybridized carbons (Fsp3) is 0.263. The Kier molecular flexibility index (Phi) is 8.00. The molecule has 0 heterocycles. The molecule has 0 aromatic heterocycles. The van der Waals surface area contributed by atoms with Crippen LogP contribution >= 0.6 is 27.7 Å². The van der Waals surface area contributed by atoms with Gasteiger partial charge in [-0.2, -0.15) is 5.10 Å². The van der Waals surface area contributed by atoms with E-state index in [1.165, 1.54) is 17.3 Å². The summed E-state index contributed by atoms with van der Waals surface area (Å²) < 4.78 is 12.0.